The van der Waals surface area contributed by atoms with Crippen LogP contribution in [-0.2, 0) is 30.8 Å². The van der Waals surface area contributed by atoms with E-state index in [9.17, 15) is 9.90 Å². The van der Waals surface area contributed by atoms with Gasteiger partial charge < -0.3 is 24.3 Å². The van der Waals surface area contributed by atoms with Crippen molar-refractivity contribution in [3.05, 3.63) is 47.2 Å². The summed E-state index contributed by atoms with van der Waals surface area (Å²) in [6, 6.07) is 8.48. The molecule has 3 aliphatic carbocycles. The smallest absolute Gasteiger partial charge is 0.195 e. The molecule has 2 aromatic rings. The molecular formula is C29H35NO5. The zero-order chi connectivity index (χ0) is 24.6. The molecule has 2 saturated carbocycles. The van der Waals surface area contributed by atoms with Gasteiger partial charge in [-0.1, -0.05) is 32.0 Å². The molecule has 3 fully saturated rings. The summed E-state index contributed by atoms with van der Waals surface area (Å²) in [7, 11) is 0. The van der Waals surface area contributed by atoms with Crippen LogP contribution in [0.5, 0.6) is 0 Å². The van der Waals surface area contributed by atoms with Gasteiger partial charge in [0.1, 0.15) is 11.2 Å². The fourth-order valence-electron chi connectivity index (χ4n) is 8.79. The highest BCUT2D eigenvalue weighted by Gasteiger charge is 2.77. The first kappa shape index (κ1) is 22.2. The van der Waals surface area contributed by atoms with E-state index < -0.39 is 34.6 Å². The zero-order valence-corrected chi connectivity index (χ0v) is 21.2. The summed E-state index contributed by atoms with van der Waals surface area (Å²) in [6.07, 6.45) is 3.51. The maximum atomic E-state index is 13.3. The highest BCUT2D eigenvalue weighted by molar-refractivity contribution is 5.97. The molecular weight excluding hydrogens is 442 g/mol. The summed E-state index contributed by atoms with van der Waals surface area (Å²) >= 11 is 0. The zero-order valence-electron chi connectivity index (χ0n) is 21.2. The lowest BCUT2D eigenvalue weighted by molar-refractivity contribution is -0.280. The van der Waals surface area contributed by atoms with Gasteiger partial charge in [-0.3, -0.25) is 4.79 Å². The maximum Gasteiger partial charge on any atom is 0.195 e. The van der Waals surface area contributed by atoms with Crippen molar-refractivity contribution in [3.8, 4) is 0 Å². The molecule has 1 spiro atoms. The van der Waals surface area contributed by atoms with Crippen molar-refractivity contribution >= 4 is 16.7 Å². The van der Waals surface area contributed by atoms with Crippen LogP contribution in [0.3, 0.4) is 0 Å². The molecule has 186 valence electrons. The van der Waals surface area contributed by atoms with E-state index in [1.165, 1.54) is 16.6 Å². The summed E-state index contributed by atoms with van der Waals surface area (Å²) in [4.78, 5) is 17.1. The molecule has 1 unspecified atom stereocenters. The summed E-state index contributed by atoms with van der Waals surface area (Å²) in [5, 5.41) is 14.3. The van der Waals surface area contributed by atoms with Crippen LogP contribution in [0.15, 0.2) is 35.9 Å². The minimum absolute atomic E-state index is 0.129. The molecule has 2 aliphatic heterocycles. The third-order valence-corrected chi connectivity index (χ3v) is 10.6. The minimum Gasteiger partial charge on any atom is -0.382 e. The van der Waals surface area contributed by atoms with E-state index in [-0.39, 0.29) is 11.2 Å². The number of ketones is 1. The van der Waals surface area contributed by atoms with E-state index in [4.69, 9.17) is 14.2 Å². The highest BCUT2D eigenvalue weighted by Crippen LogP contribution is 2.72. The Kier molecular flexibility index (Phi) is 4.10. The Hall–Kier alpha value is -1.99. The Morgan fingerprint density at radius 2 is 1.94 bits per heavy atom. The Bertz CT molecular complexity index is 1310. The molecule has 2 N–H and O–H groups in total. The largest absolute Gasteiger partial charge is 0.382 e. The fourth-order valence-corrected chi connectivity index (χ4v) is 8.79. The number of hydrogen-bond donors (Lipinski definition) is 2. The number of H-pyrrole nitrogens is 1. The number of rotatable bonds is 2. The van der Waals surface area contributed by atoms with Gasteiger partial charge in [0.15, 0.2) is 17.7 Å². The van der Waals surface area contributed by atoms with Crippen molar-refractivity contribution in [1.82, 2.24) is 4.98 Å². The number of benzene rings is 1. The highest BCUT2D eigenvalue weighted by atomic mass is 16.8. The van der Waals surface area contributed by atoms with E-state index in [1.807, 2.05) is 20.8 Å². The Morgan fingerprint density at radius 1 is 1.17 bits per heavy atom. The van der Waals surface area contributed by atoms with Crippen LogP contribution >= 0.6 is 0 Å². The monoisotopic (exact) mass is 477 g/mol. The van der Waals surface area contributed by atoms with Gasteiger partial charge in [-0.2, -0.15) is 0 Å². The molecule has 1 aromatic heterocycles. The van der Waals surface area contributed by atoms with Gasteiger partial charge in [0.05, 0.1) is 6.10 Å². The fraction of sp³-hybridized carbons (Fsp3) is 0.621. The first-order valence-electron chi connectivity index (χ1n) is 13.1. The molecule has 6 heteroatoms. The van der Waals surface area contributed by atoms with Gasteiger partial charge in [-0.25, -0.2) is 0 Å². The number of aromatic amines is 1. The predicted octanol–water partition coefficient (Wildman–Crippen LogP) is 4.34. The number of fused-ring (bicyclic) bond motifs is 9. The summed E-state index contributed by atoms with van der Waals surface area (Å²) < 4.78 is 19.3. The van der Waals surface area contributed by atoms with Crippen molar-refractivity contribution < 1.29 is 24.1 Å². The first-order chi connectivity index (χ1) is 16.5. The Labute approximate surface area is 206 Å². The summed E-state index contributed by atoms with van der Waals surface area (Å²) in [5.41, 5.74) is 1.20. The second-order valence-corrected chi connectivity index (χ2v) is 12.3. The molecule has 2 bridgehead atoms. The number of hydrogen-bond acceptors (Lipinski definition) is 5. The van der Waals surface area contributed by atoms with Crippen LogP contribution in [0.25, 0.3) is 10.9 Å². The predicted molar refractivity (Wildman–Crippen MR) is 131 cm³/mol. The normalized spacial score (nSPS) is 45.0. The first-order valence-corrected chi connectivity index (χ1v) is 13.1. The van der Waals surface area contributed by atoms with E-state index in [0.717, 1.165) is 11.9 Å². The minimum atomic E-state index is -1.41. The molecule has 1 aromatic carbocycles. The van der Waals surface area contributed by atoms with Crippen molar-refractivity contribution in [2.24, 2.45) is 11.3 Å². The number of nitrogens with one attached hydrogen (secondary N) is 1. The van der Waals surface area contributed by atoms with Gasteiger partial charge in [0.2, 0.25) is 0 Å². The van der Waals surface area contributed by atoms with Crippen LogP contribution in [0.2, 0.25) is 0 Å². The molecule has 7 atom stereocenters. The van der Waals surface area contributed by atoms with Crippen molar-refractivity contribution in [2.75, 3.05) is 6.61 Å². The standard InChI is InChI=1S/C29H35NO5/c1-6-33-22-14-16-13-18-17-9-7-8-10-19(17)30-23(18)27(16,5)26(4)11-12-28-21(29(22,26)32)15-20(31)24(34-28)25(2,3)35-28/h7-10,15-16,22,24,30,32H,6,11-14H2,1-5H3/t16-,22+,24+,26-,27-,28?,29+/m1/s1. The van der Waals surface area contributed by atoms with Gasteiger partial charge in [0, 0.05) is 46.0 Å². The number of carbonyl (C=O) groups is 1. The van der Waals surface area contributed by atoms with Crippen LogP contribution in [0.4, 0.5) is 0 Å². The Balaban J connectivity index is 1.47. The topological polar surface area (TPSA) is 80.8 Å². The maximum absolute atomic E-state index is 13.3. The second-order valence-electron chi connectivity index (χ2n) is 12.3. The lowest BCUT2D eigenvalue weighted by Crippen LogP contribution is -2.74. The lowest BCUT2D eigenvalue weighted by Gasteiger charge is -2.67. The molecule has 7 rings (SSSR count). The van der Waals surface area contributed by atoms with Gasteiger partial charge in [-0.15, -0.1) is 0 Å². The van der Waals surface area contributed by atoms with E-state index in [2.05, 4.69) is 43.1 Å². The van der Waals surface area contributed by atoms with E-state index in [0.29, 0.717) is 37.4 Å². The number of ether oxygens (including phenoxy) is 3. The van der Waals surface area contributed by atoms with E-state index >= 15 is 0 Å². The van der Waals surface area contributed by atoms with Crippen molar-refractivity contribution in [3.63, 3.8) is 0 Å². The van der Waals surface area contributed by atoms with Crippen LogP contribution < -0.4 is 0 Å². The SMILES string of the molecule is CCO[C@H]1C[C@H]2Cc3c([nH]c4ccccc34)[C@]2(C)[C@@]2(C)CCC34O[C@@H](C(=O)C=C3[C@]12O)C(C)(C)O4. The Morgan fingerprint density at radius 3 is 2.71 bits per heavy atom. The molecule has 5 aliphatic rings. The van der Waals surface area contributed by atoms with Crippen LogP contribution in [0.1, 0.15) is 65.1 Å². The molecule has 3 heterocycles. The second kappa shape index (κ2) is 6.46. The van der Waals surface area contributed by atoms with Crippen molar-refractivity contribution in [1.29, 1.82) is 0 Å². The lowest BCUT2D eigenvalue weighted by atomic mass is 9.41. The number of aliphatic hydroxyl groups is 1. The van der Waals surface area contributed by atoms with E-state index in [1.54, 1.807) is 6.08 Å². The molecule has 0 amide bonds. The molecule has 6 nitrogen and oxygen atoms in total. The molecule has 1 saturated heterocycles. The van der Waals surface area contributed by atoms with Gasteiger partial charge in [0.25, 0.3) is 0 Å². The number of carbonyl (C=O) groups excluding carboxylic acids is 1. The van der Waals surface area contributed by atoms with Crippen LogP contribution in [-0.4, -0.2) is 51.7 Å². The van der Waals surface area contributed by atoms with Crippen molar-refractivity contribution in [2.45, 2.75) is 94.9 Å². The summed E-state index contributed by atoms with van der Waals surface area (Å²) in [5.74, 6) is -0.897. The molecule has 35 heavy (non-hydrogen) atoms. The average molecular weight is 478 g/mol. The van der Waals surface area contributed by atoms with Gasteiger partial charge >= 0.3 is 0 Å². The third-order valence-electron chi connectivity index (χ3n) is 10.6. The average Bonchev–Trinajstić information content (AvgIpc) is 3.39. The number of aromatic nitrogens is 1. The summed E-state index contributed by atoms with van der Waals surface area (Å²) in [6.45, 7) is 10.8. The number of para-hydroxylation sites is 1. The third kappa shape index (κ3) is 2.30. The van der Waals surface area contributed by atoms with Crippen LogP contribution in [0, 0.1) is 11.3 Å². The molecule has 0 radical (unpaired) electrons. The quantitative estimate of drug-likeness (QED) is 0.673. The van der Waals surface area contributed by atoms with Gasteiger partial charge in [-0.05, 0) is 63.7 Å².